The van der Waals surface area contributed by atoms with Crippen LogP contribution in [0.15, 0.2) is 96.6 Å². The van der Waals surface area contributed by atoms with Crippen molar-refractivity contribution in [2.75, 3.05) is 0 Å². The molecule has 4 rings (SSSR count). The van der Waals surface area contributed by atoms with Crippen LogP contribution in [0.5, 0.6) is 5.75 Å². The van der Waals surface area contributed by atoms with Gasteiger partial charge in [-0.05, 0) is 81.3 Å². The van der Waals surface area contributed by atoms with Crippen molar-refractivity contribution >= 4 is 45.3 Å². The molecule has 0 aliphatic heterocycles. The Labute approximate surface area is 213 Å². The van der Waals surface area contributed by atoms with Gasteiger partial charge < -0.3 is 10.1 Å². The Bertz CT molecular complexity index is 1390. The van der Waals surface area contributed by atoms with Crippen molar-refractivity contribution in [1.29, 1.82) is 5.26 Å². The Morgan fingerprint density at radius 2 is 1.74 bits per heavy atom. The van der Waals surface area contributed by atoms with E-state index in [4.69, 9.17) is 4.74 Å². The molecule has 0 fully saturated rings. The fourth-order valence-corrected chi connectivity index (χ4v) is 4.32. The number of rotatable bonds is 7. The van der Waals surface area contributed by atoms with E-state index in [1.54, 1.807) is 6.08 Å². The van der Waals surface area contributed by atoms with Crippen molar-refractivity contribution in [3.05, 3.63) is 117 Å². The minimum atomic E-state index is -0.398. The third-order valence-electron chi connectivity index (χ3n) is 5.49. The van der Waals surface area contributed by atoms with E-state index < -0.39 is 5.91 Å². The maximum Gasteiger partial charge on any atom is 0.262 e. The number of fused-ring (bicyclic) bond motifs is 1. The molecule has 1 atom stereocenters. The summed E-state index contributed by atoms with van der Waals surface area (Å²) in [5.41, 5.74) is 2.90. The third-order valence-corrected chi connectivity index (χ3v) is 6.33. The lowest BCUT2D eigenvalue weighted by molar-refractivity contribution is -0.117. The molecule has 4 nitrogen and oxygen atoms in total. The molecule has 0 aliphatic carbocycles. The van der Waals surface area contributed by atoms with Gasteiger partial charge in [-0.3, -0.25) is 4.79 Å². The molecule has 5 heteroatoms. The highest BCUT2D eigenvalue weighted by molar-refractivity contribution is 14.1. The molecule has 0 aliphatic rings. The van der Waals surface area contributed by atoms with Crippen LogP contribution < -0.4 is 10.1 Å². The second-order valence-corrected chi connectivity index (χ2v) is 9.10. The fourth-order valence-electron chi connectivity index (χ4n) is 3.63. The predicted octanol–water partition coefficient (Wildman–Crippen LogP) is 6.81. The molecule has 4 aromatic carbocycles. The zero-order chi connectivity index (χ0) is 23.9. The molecular formula is C29H23IN2O2. The van der Waals surface area contributed by atoms with Crippen LogP contribution in [0.4, 0.5) is 0 Å². The summed E-state index contributed by atoms with van der Waals surface area (Å²) in [5.74, 6) is 0.358. The van der Waals surface area contributed by atoms with Gasteiger partial charge in [0.05, 0.1) is 9.61 Å². The highest BCUT2D eigenvalue weighted by atomic mass is 127. The molecule has 0 saturated heterocycles. The number of nitrogens with one attached hydrogen (secondary N) is 1. The molecule has 0 unspecified atom stereocenters. The average Bonchev–Trinajstić information content (AvgIpc) is 2.87. The van der Waals surface area contributed by atoms with E-state index in [0.717, 1.165) is 26.0 Å². The maximum absolute atomic E-state index is 12.6. The average molecular weight is 558 g/mol. The highest BCUT2D eigenvalue weighted by Gasteiger charge is 2.14. The zero-order valence-electron chi connectivity index (χ0n) is 18.7. The van der Waals surface area contributed by atoms with Gasteiger partial charge in [-0.1, -0.05) is 72.8 Å². The minimum absolute atomic E-state index is 0.0587. The second kappa shape index (κ2) is 11.0. The Kier molecular flexibility index (Phi) is 7.61. The van der Waals surface area contributed by atoms with E-state index in [1.165, 1.54) is 10.8 Å². The van der Waals surface area contributed by atoms with Gasteiger partial charge in [-0.25, -0.2) is 0 Å². The van der Waals surface area contributed by atoms with E-state index in [0.29, 0.717) is 6.61 Å². The lowest BCUT2D eigenvalue weighted by atomic mass is 10.1. The normalized spacial score (nSPS) is 12.1. The van der Waals surface area contributed by atoms with Gasteiger partial charge in [-0.2, -0.15) is 5.26 Å². The molecule has 34 heavy (non-hydrogen) atoms. The Morgan fingerprint density at radius 3 is 2.47 bits per heavy atom. The standard InChI is InChI=1S/C29H23IN2O2/c1-20(23-7-3-2-4-8-23)32-29(33)26(18-31)15-21-12-14-28(27(30)17-21)34-19-22-11-13-24-9-5-6-10-25(24)16-22/h2-17,20H,19H2,1H3,(H,32,33)/b26-15-/t20-/m0/s1. The first-order chi connectivity index (χ1) is 16.5. The van der Waals surface area contributed by atoms with Gasteiger partial charge in [-0.15, -0.1) is 0 Å². The number of nitriles is 1. The number of carbonyl (C=O) groups excluding carboxylic acids is 1. The summed E-state index contributed by atoms with van der Waals surface area (Å²) in [6.07, 6.45) is 1.60. The third kappa shape index (κ3) is 5.83. The van der Waals surface area contributed by atoms with Crippen LogP contribution in [0.1, 0.15) is 29.7 Å². The van der Waals surface area contributed by atoms with Gasteiger partial charge in [0.25, 0.3) is 5.91 Å². The smallest absolute Gasteiger partial charge is 0.262 e. The molecule has 0 aromatic heterocycles. The number of ether oxygens (including phenoxy) is 1. The monoisotopic (exact) mass is 558 g/mol. The van der Waals surface area contributed by atoms with Crippen molar-refractivity contribution in [2.45, 2.75) is 19.6 Å². The van der Waals surface area contributed by atoms with Gasteiger partial charge in [0.15, 0.2) is 0 Å². The molecule has 1 N–H and O–H groups in total. The lowest BCUT2D eigenvalue weighted by Crippen LogP contribution is -2.27. The van der Waals surface area contributed by atoms with Crippen molar-refractivity contribution in [2.24, 2.45) is 0 Å². The minimum Gasteiger partial charge on any atom is -0.488 e. The van der Waals surface area contributed by atoms with Gasteiger partial charge in [0.2, 0.25) is 0 Å². The number of benzene rings is 4. The van der Waals surface area contributed by atoms with Crippen LogP contribution in [-0.2, 0) is 11.4 Å². The molecule has 4 aromatic rings. The van der Waals surface area contributed by atoms with E-state index in [-0.39, 0.29) is 11.6 Å². The molecule has 0 saturated carbocycles. The van der Waals surface area contributed by atoms with E-state index >= 15 is 0 Å². The van der Waals surface area contributed by atoms with E-state index in [1.807, 2.05) is 73.7 Å². The fraction of sp³-hybridized carbons (Fsp3) is 0.103. The molecule has 0 radical (unpaired) electrons. The van der Waals surface area contributed by atoms with Gasteiger partial charge >= 0.3 is 0 Å². The van der Waals surface area contributed by atoms with Crippen LogP contribution in [0.3, 0.4) is 0 Å². The molecule has 168 valence electrons. The van der Waals surface area contributed by atoms with Crippen molar-refractivity contribution in [1.82, 2.24) is 5.32 Å². The first kappa shape index (κ1) is 23.5. The Hall–Kier alpha value is -3.63. The second-order valence-electron chi connectivity index (χ2n) is 7.94. The quantitative estimate of drug-likeness (QED) is 0.154. The maximum atomic E-state index is 12.6. The topological polar surface area (TPSA) is 62.1 Å². The zero-order valence-corrected chi connectivity index (χ0v) is 20.8. The number of amides is 1. The van der Waals surface area contributed by atoms with Crippen LogP contribution in [0, 0.1) is 14.9 Å². The highest BCUT2D eigenvalue weighted by Crippen LogP contribution is 2.25. The first-order valence-corrected chi connectivity index (χ1v) is 12.0. The van der Waals surface area contributed by atoms with Crippen molar-refractivity contribution < 1.29 is 9.53 Å². The molecule has 0 bridgehead atoms. The lowest BCUT2D eigenvalue weighted by Gasteiger charge is -2.14. The predicted molar refractivity (Wildman–Crippen MR) is 144 cm³/mol. The number of halogens is 1. The van der Waals surface area contributed by atoms with Crippen LogP contribution in [0.25, 0.3) is 16.8 Å². The molecule has 1 amide bonds. The Balaban J connectivity index is 1.43. The molecule has 0 heterocycles. The van der Waals surface area contributed by atoms with Crippen LogP contribution in [-0.4, -0.2) is 5.91 Å². The van der Waals surface area contributed by atoms with Crippen LogP contribution >= 0.6 is 22.6 Å². The number of hydrogen-bond acceptors (Lipinski definition) is 3. The summed E-state index contributed by atoms with van der Waals surface area (Å²) in [5, 5.41) is 14.8. The number of carbonyl (C=O) groups is 1. The summed E-state index contributed by atoms with van der Waals surface area (Å²) in [7, 11) is 0. The first-order valence-electron chi connectivity index (χ1n) is 10.9. The largest absolute Gasteiger partial charge is 0.488 e. The summed E-state index contributed by atoms with van der Waals surface area (Å²) < 4.78 is 6.94. The van der Waals surface area contributed by atoms with E-state index in [9.17, 15) is 10.1 Å². The summed E-state index contributed by atoms with van der Waals surface area (Å²) in [6.45, 7) is 2.35. The number of nitrogens with zero attached hydrogens (tertiary/aromatic N) is 1. The Morgan fingerprint density at radius 1 is 1.00 bits per heavy atom. The summed E-state index contributed by atoms with van der Waals surface area (Å²) >= 11 is 2.21. The number of hydrogen-bond donors (Lipinski definition) is 1. The van der Waals surface area contributed by atoms with Crippen molar-refractivity contribution in [3.63, 3.8) is 0 Å². The SMILES string of the molecule is C[C@H](NC(=O)/C(C#N)=C\c1ccc(OCc2ccc3ccccc3c2)c(I)c1)c1ccccc1. The van der Waals surface area contributed by atoms with E-state index in [2.05, 4.69) is 58.2 Å². The van der Waals surface area contributed by atoms with Crippen molar-refractivity contribution in [3.8, 4) is 11.8 Å². The molecular weight excluding hydrogens is 535 g/mol. The van der Waals surface area contributed by atoms with Crippen LogP contribution in [0.2, 0.25) is 0 Å². The van der Waals surface area contributed by atoms with Gasteiger partial charge in [0.1, 0.15) is 24.0 Å². The molecule has 0 spiro atoms. The summed E-state index contributed by atoms with van der Waals surface area (Å²) in [4.78, 5) is 12.6. The summed E-state index contributed by atoms with van der Waals surface area (Å²) in [6, 6.07) is 31.6. The van der Waals surface area contributed by atoms with Gasteiger partial charge in [0, 0.05) is 0 Å².